The van der Waals surface area contributed by atoms with Crippen molar-refractivity contribution in [3.05, 3.63) is 32.4 Å². The molecule has 98 valence electrons. The summed E-state index contributed by atoms with van der Waals surface area (Å²) in [6.45, 7) is 10.9. The number of aromatic nitrogens is 1. The highest BCUT2D eigenvalue weighted by Gasteiger charge is 2.22. The number of nitrogens with one attached hydrogen (secondary N) is 1. The molecule has 1 atom stereocenters. The van der Waals surface area contributed by atoms with Crippen molar-refractivity contribution in [2.75, 3.05) is 5.32 Å². The van der Waals surface area contributed by atoms with Crippen LogP contribution in [0.4, 0.5) is 5.69 Å². The molecule has 0 aliphatic heterocycles. The molecule has 2 nitrogen and oxygen atoms in total. The minimum atomic E-state index is 0.135. The lowest BCUT2D eigenvalue weighted by Crippen LogP contribution is -2.10. The third-order valence-electron chi connectivity index (χ3n) is 2.77. The van der Waals surface area contributed by atoms with E-state index in [4.69, 9.17) is 4.98 Å². The number of hydrogen-bond acceptors (Lipinski definition) is 4. The Morgan fingerprint density at radius 1 is 1.33 bits per heavy atom. The quantitative estimate of drug-likeness (QED) is 0.857. The largest absolute Gasteiger partial charge is 0.377 e. The molecule has 4 heteroatoms. The summed E-state index contributed by atoms with van der Waals surface area (Å²) < 4.78 is 0. The smallest absolute Gasteiger partial charge is 0.0985 e. The summed E-state index contributed by atoms with van der Waals surface area (Å²) in [6, 6.07) is 2.43. The van der Waals surface area contributed by atoms with Crippen molar-refractivity contribution >= 4 is 28.4 Å². The van der Waals surface area contributed by atoms with E-state index in [-0.39, 0.29) is 5.41 Å². The molecule has 0 fully saturated rings. The second-order valence-electron chi connectivity index (χ2n) is 5.60. The second kappa shape index (κ2) is 5.02. The molecule has 2 aromatic rings. The maximum Gasteiger partial charge on any atom is 0.0985 e. The summed E-state index contributed by atoms with van der Waals surface area (Å²) in [4.78, 5) is 6.05. The van der Waals surface area contributed by atoms with E-state index >= 15 is 0 Å². The normalized spacial score (nSPS) is 13.6. The molecule has 1 N–H and O–H groups in total. The van der Waals surface area contributed by atoms with Crippen LogP contribution in [0.25, 0.3) is 0 Å². The predicted octanol–water partition coefficient (Wildman–Crippen LogP) is 4.98. The number of nitrogens with zero attached hydrogens (tertiary/aromatic N) is 1. The van der Waals surface area contributed by atoms with Gasteiger partial charge in [0.05, 0.1) is 16.7 Å². The van der Waals surface area contributed by atoms with Crippen molar-refractivity contribution in [3.63, 3.8) is 0 Å². The number of hydrogen-bond donors (Lipinski definition) is 1. The first-order chi connectivity index (χ1) is 8.38. The van der Waals surface area contributed by atoms with E-state index in [0.717, 1.165) is 5.69 Å². The average molecular weight is 280 g/mol. The van der Waals surface area contributed by atoms with Gasteiger partial charge in [0.15, 0.2) is 0 Å². The molecule has 0 aliphatic carbocycles. The molecule has 18 heavy (non-hydrogen) atoms. The van der Waals surface area contributed by atoms with Crippen LogP contribution in [0.5, 0.6) is 0 Å². The van der Waals surface area contributed by atoms with Gasteiger partial charge in [0, 0.05) is 21.4 Å². The lowest BCUT2D eigenvalue weighted by Gasteiger charge is -2.14. The monoisotopic (exact) mass is 280 g/mol. The molecule has 1 unspecified atom stereocenters. The van der Waals surface area contributed by atoms with Crippen LogP contribution in [0.1, 0.15) is 49.3 Å². The van der Waals surface area contributed by atoms with Gasteiger partial charge in [-0.15, -0.1) is 11.3 Å². The molecule has 0 bridgehead atoms. The van der Waals surface area contributed by atoms with Gasteiger partial charge in [0.25, 0.3) is 0 Å². The van der Waals surface area contributed by atoms with Crippen LogP contribution in [-0.4, -0.2) is 4.98 Å². The standard InChI is InChI=1S/C14H20N2S2/c1-9(15-11-6-7-17-8-11)12-10(2)16-13(18-12)14(3,4)5/h6-9,15H,1-5H3. The van der Waals surface area contributed by atoms with Crippen molar-refractivity contribution in [1.29, 1.82) is 0 Å². The van der Waals surface area contributed by atoms with Gasteiger partial charge in [0.2, 0.25) is 0 Å². The summed E-state index contributed by atoms with van der Waals surface area (Å²) in [7, 11) is 0. The third-order valence-corrected chi connectivity index (χ3v) is 5.22. The van der Waals surface area contributed by atoms with Gasteiger partial charge >= 0.3 is 0 Å². The van der Waals surface area contributed by atoms with Crippen LogP contribution in [0.3, 0.4) is 0 Å². The van der Waals surface area contributed by atoms with Gasteiger partial charge in [-0.25, -0.2) is 4.98 Å². The molecule has 0 aromatic carbocycles. The van der Waals surface area contributed by atoms with Gasteiger partial charge in [0.1, 0.15) is 0 Å². The van der Waals surface area contributed by atoms with Crippen molar-refractivity contribution in [2.24, 2.45) is 0 Å². The van der Waals surface area contributed by atoms with Crippen molar-refractivity contribution in [1.82, 2.24) is 4.98 Å². The Hall–Kier alpha value is -0.870. The number of thiophene rings is 1. The Kier molecular flexibility index (Phi) is 3.78. The number of anilines is 1. The minimum absolute atomic E-state index is 0.135. The highest BCUT2D eigenvalue weighted by molar-refractivity contribution is 7.12. The van der Waals surface area contributed by atoms with Gasteiger partial charge in [-0.2, -0.15) is 11.3 Å². The van der Waals surface area contributed by atoms with Crippen LogP contribution in [-0.2, 0) is 5.41 Å². The molecule has 0 saturated heterocycles. The first kappa shape index (κ1) is 13.6. The van der Waals surface area contributed by atoms with E-state index in [1.54, 1.807) is 11.3 Å². The molecule has 0 radical (unpaired) electrons. The van der Waals surface area contributed by atoms with E-state index < -0.39 is 0 Å². The van der Waals surface area contributed by atoms with Gasteiger partial charge < -0.3 is 5.32 Å². The van der Waals surface area contributed by atoms with Gasteiger partial charge in [-0.05, 0) is 25.3 Å². The first-order valence-electron chi connectivity index (χ1n) is 6.14. The maximum absolute atomic E-state index is 4.71. The van der Waals surface area contributed by atoms with E-state index in [9.17, 15) is 0 Å². The van der Waals surface area contributed by atoms with Crippen molar-refractivity contribution in [2.45, 2.75) is 46.1 Å². The van der Waals surface area contributed by atoms with Crippen molar-refractivity contribution < 1.29 is 0 Å². The second-order valence-corrected chi connectivity index (χ2v) is 7.41. The number of thiazole rings is 1. The topological polar surface area (TPSA) is 24.9 Å². The summed E-state index contributed by atoms with van der Waals surface area (Å²) in [6.07, 6.45) is 0. The average Bonchev–Trinajstić information content (AvgIpc) is 2.85. The van der Waals surface area contributed by atoms with Crippen LogP contribution in [0.2, 0.25) is 0 Å². The Labute approximate surface area is 117 Å². The van der Waals surface area contributed by atoms with Crippen LogP contribution >= 0.6 is 22.7 Å². The zero-order valence-corrected chi connectivity index (χ0v) is 13.2. The first-order valence-corrected chi connectivity index (χ1v) is 7.90. The molecule has 0 amide bonds. The number of aryl methyl sites for hydroxylation is 1. The SMILES string of the molecule is Cc1nc(C(C)(C)C)sc1C(C)Nc1ccsc1. The maximum atomic E-state index is 4.71. The zero-order chi connectivity index (χ0) is 13.3. The van der Waals surface area contributed by atoms with E-state index in [1.807, 2.05) is 11.3 Å². The Morgan fingerprint density at radius 2 is 2.06 bits per heavy atom. The highest BCUT2D eigenvalue weighted by atomic mass is 32.1. The lowest BCUT2D eigenvalue weighted by atomic mass is 9.98. The summed E-state index contributed by atoms with van der Waals surface area (Å²) >= 11 is 3.54. The summed E-state index contributed by atoms with van der Waals surface area (Å²) in [5.41, 5.74) is 2.48. The Morgan fingerprint density at radius 3 is 2.56 bits per heavy atom. The van der Waals surface area contributed by atoms with Crippen LogP contribution < -0.4 is 5.32 Å². The molecule has 0 saturated carbocycles. The summed E-state index contributed by atoms with van der Waals surface area (Å²) in [5, 5.41) is 8.97. The zero-order valence-electron chi connectivity index (χ0n) is 11.6. The van der Waals surface area contributed by atoms with E-state index in [0.29, 0.717) is 6.04 Å². The fourth-order valence-electron chi connectivity index (χ4n) is 1.79. The molecule has 2 rings (SSSR count). The summed E-state index contributed by atoms with van der Waals surface area (Å²) in [5.74, 6) is 0. The van der Waals surface area contributed by atoms with Crippen LogP contribution in [0.15, 0.2) is 16.8 Å². The fourth-order valence-corrected chi connectivity index (χ4v) is 3.52. The molecule has 2 heterocycles. The molecule has 2 aromatic heterocycles. The molecular formula is C14H20N2S2. The fraction of sp³-hybridized carbons (Fsp3) is 0.500. The molecule has 0 spiro atoms. The third kappa shape index (κ3) is 2.93. The number of rotatable bonds is 3. The van der Waals surface area contributed by atoms with Crippen LogP contribution in [0, 0.1) is 6.92 Å². The Bertz CT molecular complexity index is 506. The lowest BCUT2D eigenvalue weighted by molar-refractivity contribution is 0.584. The van der Waals surface area contributed by atoms with Crippen molar-refractivity contribution in [3.8, 4) is 0 Å². The minimum Gasteiger partial charge on any atom is -0.377 e. The molecule has 0 aliphatic rings. The molecular weight excluding hydrogens is 260 g/mol. The van der Waals surface area contributed by atoms with E-state index in [2.05, 4.69) is 56.8 Å². The Balaban J connectivity index is 2.20. The van der Waals surface area contributed by atoms with E-state index in [1.165, 1.54) is 15.6 Å². The highest BCUT2D eigenvalue weighted by Crippen LogP contribution is 2.33. The van der Waals surface area contributed by atoms with Gasteiger partial charge in [-0.1, -0.05) is 20.8 Å². The predicted molar refractivity (Wildman–Crippen MR) is 81.9 cm³/mol. The van der Waals surface area contributed by atoms with Gasteiger partial charge in [-0.3, -0.25) is 0 Å².